The van der Waals surface area contributed by atoms with Crippen molar-refractivity contribution in [3.05, 3.63) is 29.8 Å². The SMILES string of the molecule is CCc1cccc(NC(=O)NC[C@@H]2CCNC[C@H]2O)c1. The molecule has 0 bridgehead atoms. The Bertz CT molecular complexity index is 450. The molecule has 1 aliphatic rings. The summed E-state index contributed by atoms with van der Waals surface area (Å²) in [6.07, 6.45) is 1.44. The summed E-state index contributed by atoms with van der Waals surface area (Å²) < 4.78 is 0. The van der Waals surface area contributed by atoms with Crippen LogP contribution >= 0.6 is 0 Å². The Morgan fingerprint density at radius 3 is 3.10 bits per heavy atom. The number of amides is 2. The van der Waals surface area contributed by atoms with Crippen molar-refractivity contribution in [1.82, 2.24) is 10.6 Å². The van der Waals surface area contributed by atoms with Crippen LogP contribution in [0.5, 0.6) is 0 Å². The fourth-order valence-electron chi connectivity index (χ4n) is 2.40. The number of urea groups is 1. The largest absolute Gasteiger partial charge is 0.391 e. The van der Waals surface area contributed by atoms with Gasteiger partial charge in [0, 0.05) is 24.7 Å². The Balaban J connectivity index is 1.79. The number of aryl methyl sites for hydroxylation is 1. The van der Waals surface area contributed by atoms with Crippen molar-refractivity contribution < 1.29 is 9.90 Å². The van der Waals surface area contributed by atoms with Crippen molar-refractivity contribution in [3.63, 3.8) is 0 Å². The van der Waals surface area contributed by atoms with Crippen LogP contribution < -0.4 is 16.0 Å². The molecule has 2 rings (SSSR count). The zero-order chi connectivity index (χ0) is 14.4. The Kier molecular flexibility index (Phi) is 5.38. The third kappa shape index (κ3) is 4.21. The molecule has 1 aromatic rings. The van der Waals surface area contributed by atoms with Crippen LogP contribution in [0, 0.1) is 5.92 Å². The standard InChI is InChI=1S/C15H23N3O2/c1-2-11-4-3-5-13(8-11)18-15(20)17-9-12-6-7-16-10-14(12)19/h3-5,8,12,14,16,19H,2,6-7,9-10H2,1H3,(H2,17,18,20)/t12-,14+/m0/s1. The van der Waals surface area contributed by atoms with Crippen LogP contribution in [0.2, 0.25) is 0 Å². The van der Waals surface area contributed by atoms with Crippen LogP contribution in [0.1, 0.15) is 18.9 Å². The lowest BCUT2D eigenvalue weighted by Gasteiger charge is -2.28. The number of hydrogen-bond donors (Lipinski definition) is 4. The number of anilines is 1. The molecule has 0 radical (unpaired) electrons. The van der Waals surface area contributed by atoms with E-state index in [0.717, 1.165) is 25.1 Å². The molecule has 0 spiro atoms. The molecule has 5 heteroatoms. The normalized spacial score (nSPS) is 22.3. The second-order valence-corrected chi connectivity index (χ2v) is 5.21. The molecule has 0 unspecified atom stereocenters. The van der Waals surface area contributed by atoms with Gasteiger partial charge in [-0.15, -0.1) is 0 Å². The van der Waals surface area contributed by atoms with Crippen molar-refractivity contribution in [1.29, 1.82) is 0 Å². The summed E-state index contributed by atoms with van der Waals surface area (Å²) in [5.41, 5.74) is 1.99. The average Bonchev–Trinajstić information content (AvgIpc) is 2.46. The molecule has 1 aliphatic heterocycles. The number of rotatable bonds is 4. The number of β-amino-alcohol motifs (C(OH)–C–C–N with tert-alkyl or cyclic N) is 1. The molecule has 1 saturated heterocycles. The third-order valence-electron chi connectivity index (χ3n) is 3.71. The number of piperidine rings is 1. The minimum atomic E-state index is -0.382. The third-order valence-corrected chi connectivity index (χ3v) is 3.71. The first-order chi connectivity index (χ1) is 9.69. The molecule has 1 heterocycles. The molecule has 20 heavy (non-hydrogen) atoms. The van der Waals surface area contributed by atoms with Gasteiger partial charge in [0.1, 0.15) is 0 Å². The lowest BCUT2D eigenvalue weighted by molar-refractivity contribution is 0.0830. The van der Waals surface area contributed by atoms with Crippen LogP contribution in [-0.4, -0.2) is 36.9 Å². The van der Waals surface area contributed by atoms with E-state index in [9.17, 15) is 9.90 Å². The molecule has 4 N–H and O–H groups in total. The second kappa shape index (κ2) is 7.26. The monoisotopic (exact) mass is 277 g/mol. The molecular formula is C15H23N3O2. The van der Waals surface area contributed by atoms with Crippen molar-refractivity contribution in [2.24, 2.45) is 5.92 Å². The Morgan fingerprint density at radius 1 is 1.50 bits per heavy atom. The molecule has 1 fully saturated rings. The van der Waals surface area contributed by atoms with E-state index in [1.54, 1.807) is 0 Å². The number of benzene rings is 1. The summed E-state index contributed by atoms with van der Waals surface area (Å²) in [7, 11) is 0. The first kappa shape index (κ1) is 14.8. The molecule has 0 saturated carbocycles. The molecule has 0 aromatic heterocycles. The Hall–Kier alpha value is -1.59. The zero-order valence-corrected chi connectivity index (χ0v) is 11.9. The highest BCUT2D eigenvalue weighted by molar-refractivity contribution is 5.89. The van der Waals surface area contributed by atoms with E-state index in [-0.39, 0.29) is 18.1 Å². The van der Waals surface area contributed by atoms with E-state index < -0.39 is 0 Å². The van der Waals surface area contributed by atoms with Crippen molar-refractivity contribution in [3.8, 4) is 0 Å². The first-order valence-electron chi connectivity index (χ1n) is 7.21. The fourth-order valence-corrected chi connectivity index (χ4v) is 2.40. The van der Waals surface area contributed by atoms with E-state index in [4.69, 9.17) is 0 Å². The van der Waals surface area contributed by atoms with Gasteiger partial charge in [-0.05, 0) is 37.1 Å². The first-order valence-corrected chi connectivity index (χ1v) is 7.21. The summed E-state index contributed by atoms with van der Waals surface area (Å²) in [5, 5.41) is 18.6. The lowest BCUT2D eigenvalue weighted by atomic mass is 9.95. The molecule has 0 aliphatic carbocycles. The van der Waals surface area contributed by atoms with Gasteiger partial charge in [-0.2, -0.15) is 0 Å². The number of carbonyl (C=O) groups is 1. The highest BCUT2D eigenvalue weighted by Gasteiger charge is 2.22. The predicted molar refractivity (Wildman–Crippen MR) is 79.8 cm³/mol. The predicted octanol–water partition coefficient (Wildman–Crippen LogP) is 1.34. The Labute approximate surface area is 119 Å². The summed E-state index contributed by atoms with van der Waals surface area (Å²) in [4.78, 5) is 11.8. The van der Waals surface area contributed by atoms with Gasteiger partial charge in [-0.1, -0.05) is 19.1 Å². The molecular weight excluding hydrogens is 254 g/mol. The molecule has 2 amide bonds. The van der Waals surface area contributed by atoms with Crippen LogP contribution in [-0.2, 0) is 6.42 Å². The fraction of sp³-hybridized carbons (Fsp3) is 0.533. The van der Waals surface area contributed by atoms with Gasteiger partial charge in [0.15, 0.2) is 0 Å². The minimum absolute atomic E-state index is 0.129. The number of hydrogen-bond acceptors (Lipinski definition) is 3. The number of carbonyl (C=O) groups excluding carboxylic acids is 1. The van der Waals surface area contributed by atoms with Crippen molar-refractivity contribution in [2.75, 3.05) is 25.0 Å². The van der Waals surface area contributed by atoms with Crippen LogP contribution in [0.25, 0.3) is 0 Å². The molecule has 5 nitrogen and oxygen atoms in total. The number of aliphatic hydroxyl groups excluding tert-OH is 1. The summed E-state index contributed by atoms with van der Waals surface area (Å²) >= 11 is 0. The Morgan fingerprint density at radius 2 is 2.35 bits per heavy atom. The van der Waals surface area contributed by atoms with Gasteiger partial charge in [0.05, 0.1) is 6.10 Å². The van der Waals surface area contributed by atoms with Gasteiger partial charge in [0.2, 0.25) is 0 Å². The van der Waals surface area contributed by atoms with E-state index in [0.29, 0.717) is 13.1 Å². The zero-order valence-electron chi connectivity index (χ0n) is 11.9. The van der Waals surface area contributed by atoms with E-state index >= 15 is 0 Å². The summed E-state index contributed by atoms with van der Waals surface area (Å²) in [6.45, 7) is 4.08. The maximum absolute atomic E-state index is 11.8. The maximum Gasteiger partial charge on any atom is 0.319 e. The second-order valence-electron chi connectivity index (χ2n) is 5.21. The lowest BCUT2D eigenvalue weighted by Crippen LogP contribution is -2.46. The topological polar surface area (TPSA) is 73.4 Å². The summed E-state index contributed by atoms with van der Waals surface area (Å²) in [5.74, 6) is 0.129. The van der Waals surface area contributed by atoms with Gasteiger partial charge in [0.25, 0.3) is 0 Å². The van der Waals surface area contributed by atoms with Crippen molar-refractivity contribution in [2.45, 2.75) is 25.9 Å². The molecule has 1 aromatic carbocycles. The number of aliphatic hydroxyl groups is 1. The van der Waals surface area contributed by atoms with E-state index in [1.807, 2.05) is 24.3 Å². The highest BCUT2D eigenvalue weighted by atomic mass is 16.3. The quantitative estimate of drug-likeness (QED) is 0.671. The van der Waals surface area contributed by atoms with Crippen LogP contribution in [0.4, 0.5) is 10.5 Å². The summed E-state index contributed by atoms with van der Waals surface area (Å²) in [6, 6.07) is 7.60. The van der Waals surface area contributed by atoms with E-state index in [2.05, 4.69) is 22.9 Å². The highest BCUT2D eigenvalue weighted by Crippen LogP contribution is 2.12. The molecule has 110 valence electrons. The van der Waals surface area contributed by atoms with Crippen molar-refractivity contribution >= 4 is 11.7 Å². The van der Waals surface area contributed by atoms with Gasteiger partial charge in [-0.3, -0.25) is 0 Å². The number of nitrogens with one attached hydrogen (secondary N) is 3. The smallest absolute Gasteiger partial charge is 0.319 e. The van der Waals surface area contributed by atoms with Gasteiger partial charge >= 0.3 is 6.03 Å². The molecule has 2 atom stereocenters. The minimum Gasteiger partial charge on any atom is -0.391 e. The van der Waals surface area contributed by atoms with Gasteiger partial charge < -0.3 is 21.1 Å². The van der Waals surface area contributed by atoms with Gasteiger partial charge in [-0.25, -0.2) is 4.79 Å². The van der Waals surface area contributed by atoms with E-state index in [1.165, 1.54) is 5.56 Å². The van der Waals surface area contributed by atoms with Crippen LogP contribution in [0.3, 0.4) is 0 Å². The average molecular weight is 277 g/mol. The van der Waals surface area contributed by atoms with Crippen LogP contribution in [0.15, 0.2) is 24.3 Å². The maximum atomic E-state index is 11.8.